The first-order valence-electron chi connectivity index (χ1n) is 12.4. The van der Waals surface area contributed by atoms with E-state index in [4.69, 9.17) is 5.73 Å². The van der Waals surface area contributed by atoms with Gasteiger partial charge in [0.15, 0.2) is 5.60 Å². The molecule has 172 valence electrons. The summed E-state index contributed by atoms with van der Waals surface area (Å²) in [5.74, 6) is 1.60. The molecule has 0 aromatic carbocycles. The molecule has 4 fully saturated rings. The van der Waals surface area contributed by atoms with Crippen LogP contribution < -0.4 is 5.73 Å². The Hall–Kier alpha value is -0.650. The van der Waals surface area contributed by atoms with Crippen LogP contribution in [0.15, 0.2) is 0 Å². The van der Waals surface area contributed by atoms with Crippen LogP contribution in [0.3, 0.4) is 0 Å². The van der Waals surface area contributed by atoms with Crippen LogP contribution in [0.5, 0.6) is 0 Å². The van der Waals surface area contributed by atoms with E-state index in [1.54, 1.807) is 0 Å². The van der Waals surface area contributed by atoms with Gasteiger partial charge >= 0.3 is 5.97 Å². The minimum atomic E-state index is -1.70. The van der Waals surface area contributed by atoms with Crippen LogP contribution >= 0.6 is 0 Å². The van der Waals surface area contributed by atoms with Crippen LogP contribution in [0.4, 0.5) is 0 Å². The lowest BCUT2D eigenvalue weighted by Crippen LogP contribution is -2.66. The normalized spacial score (nSPS) is 54.0. The van der Waals surface area contributed by atoms with Crippen LogP contribution in [0.1, 0.15) is 85.5 Å². The number of rotatable bonds is 4. The number of fused-ring (bicyclic) bond motifs is 5. The summed E-state index contributed by atoms with van der Waals surface area (Å²) in [6, 6.07) is -0.349. The van der Waals surface area contributed by atoms with Gasteiger partial charge in [0.25, 0.3) is 0 Å². The molecule has 0 spiro atoms. The van der Waals surface area contributed by atoms with Gasteiger partial charge in [0.2, 0.25) is 0 Å². The standard InChI is InChI=1S/C25H43NO4/c1-5-6-14(2)17-9-10-18-16-8-7-15-12-25(30,22(28)29)13-20(26)23(15,3)19(16)11-21(27)24(17,18)4/h14-21,27,30H,5-13,26H2,1-4H3,(H,28,29)/t14-,15-,16+,17-,18+,19+,20?,21+,23+,24-,25+/m1/s1. The number of carbonyl (C=O) groups is 1. The zero-order valence-corrected chi connectivity index (χ0v) is 19.3. The number of aliphatic carboxylic acids is 1. The second kappa shape index (κ2) is 7.45. The van der Waals surface area contributed by atoms with Crippen molar-refractivity contribution in [3.63, 3.8) is 0 Å². The maximum absolute atomic E-state index is 11.7. The molecule has 5 N–H and O–H groups in total. The molecule has 0 bridgehead atoms. The average molecular weight is 422 g/mol. The summed E-state index contributed by atoms with van der Waals surface area (Å²) in [4.78, 5) is 11.7. The van der Waals surface area contributed by atoms with Gasteiger partial charge in [-0.1, -0.05) is 40.5 Å². The molecule has 30 heavy (non-hydrogen) atoms. The van der Waals surface area contributed by atoms with Gasteiger partial charge in [-0.25, -0.2) is 4.79 Å². The fourth-order valence-electron chi connectivity index (χ4n) is 9.20. The van der Waals surface area contributed by atoms with Gasteiger partial charge < -0.3 is 21.1 Å². The van der Waals surface area contributed by atoms with Crippen molar-refractivity contribution >= 4 is 5.97 Å². The van der Waals surface area contributed by atoms with E-state index in [0.29, 0.717) is 36.0 Å². The molecule has 1 unspecified atom stereocenters. The van der Waals surface area contributed by atoms with Gasteiger partial charge in [-0.3, -0.25) is 0 Å². The lowest BCUT2D eigenvalue weighted by Gasteiger charge is -2.64. The van der Waals surface area contributed by atoms with Crippen molar-refractivity contribution in [2.45, 2.75) is 103 Å². The Bertz CT molecular complexity index is 684. The fraction of sp³-hybridized carbons (Fsp3) is 0.960. The highest BCUT2D eigenvalue weighted by Crippen LogP contribution is 2.68. The molecule has 4 aliphatic rings. The van der Waals surface area contributed by atoms with E-state index in [1.165, 1.54) is 25.7 Å². The van der Waals surface area contributed by atoms with E-state index in [9.17, 15) is 20.1 Å². The molecule has 5 heteroatoms. The Morgan fingerprint density at radius 3 is 2.43 bits per heavy atom. The highest BCUT2D eigenvalue weighted by Gasteiger charge is 2.66. The van der Waals surface area contributed by atoms with E-state index in [-0.39, 0.29) is 35.3 Å². The molecule has 11 atom stereocenters. The third kappa shape index (κ3) is 2.94. The Morgan fingerprint density at radius 2 is 1.80 bits per heavy atom. The molecule has 0 amide bonds. The van der Waals surface area contributed by atoms with Crippen molar-refractivity contribution in [1.29, 1.82) is 0 Å². The summed E-state index contributed by atoms with van der Waals surface area (Å²) < 4.78 is 0. The molecular formula is C25H43NO4. The van der Waals surface area contributed by atoms with E-state index >= 15 is 0 Å². The number of aliphatic hydroxyl groups is 2. The molecule has 4 rings (SSSR count). The molecule has 0 heterocycles. The molecule has 0 saturated heterocycles. The number of carboxylic acid groups (broad SMARTS) is 1. The lowest BCUT2D eigenvalue weighted by atomic mass is 9.42. The van der Waals surface area contributed by atoms with E-state index < -0.39 is 11.6 Å². The Kier molecular flexibility index (Phi) is 5.60. The first-order chi connectivity index (χ1) is 14.0. The third-order valence-corrected chi connectivity index (χ3v) is 10.9. The highest BCUT2D eigenvalue weighted by molar-refractivity contribution is 5.77. The molecular weight excluding hydrogens is 378 g/mol. The molecule has 0 aromatic heterocycles. The Labute approximate surface area is 181 Å². The van der Waals surface area contributed by atoms with Crippen LogP contribution in [0.25, 0.3) is 0 Å². The van der Waals surface area contributed by atoms with Crippen molar-refractivity contribution < 1.29 is 20.1 Å². The van der Waals surface area contributed by atoms with Gasteiger partial charge in [-0.2, -0.15) is 0 Å². The van der Waals surface area contributed by atoms with E-state index in [2.05, 4.69) is 27.7 Å². The maximum atomic E-state index is 11.7. The quantitative estimate of drug-likeness (QED) is 0.553. The average Bonchev–Trinajstić information content (AvgIpc) is 3.03. The largest absolute Gasteiger partial charge is 0.479 e. The van der Waals surface area contributed by atoms with Gasteiger partial charge in [-0.05, 0) is 84.9 Å². The van der Waals surface area contributed by atoms with E-state index in [1.807, 2.05) is 0 Å². The molecule has 0 aromatic rings. The van der Waals surface area contributed by atoms with Gasteiger partial charge in [0.1, 0.15) is 0 Å². The lowest BCUT2D eigenvalue weighted by molar-refractivity contribution is -0.200. The number of carboxylic acids is 1. The third-order valence-electron chi connectivity index (χ3n) is 10.9. The molecule has 5 nitrogen and oxygen atoms in total. The SMILES string of the molecule is CCC[C@@H](C)[C@H]1CC[C@H]2[C@@H]3CC[C@@H]4C[C@@](O)(C(=O)O)CC(N)[C@]4(C)[C@H]3C[C@H](O)[C@]12C. The summed E-state index contributed by atoms with van der Waals surface area (Å²) in [7, 11) is 0. The Morgan fingerprint density at radius 1 is 1.10 bits per heavy atom. The topological polar surface area (TPSA) is 104 Å². The van der Waals surface area contributed by atoms with Crippen LogP contribution in [-0.4, -0.2) is 39.0 Å². The number of hydrogen-bond acceptors (Lipinski definition) is 4. The molecule has 0 radical (unpaired) electrons. The van der Waals surface area contributed by atoms with Crippen molar-refractivity contribution in [3.8, 4) is 0 Å². The minimum Gasteiger partial charge on any atom is -0.479 e. The predicted octanol–water partition coefficient (Wildman–Crippen LogP) is 3.81. The van der Waals surface area contributed by atoms with Gasteiger partial charge in [0, 0.05) is 12.5 Å². The zero-order chi connectivity index (χ0) is 22.1. The van der Waals surface area contributed by atoms with E-state index in [0.717, 1.165) is 19.3 Å². The number of hydrogen-bond donors (Lipinski definition) is 4. The van der Waals surface area contributed by atoms with Gasteiger partial charge in [-0.15, -0.1) is 0 Å². The second-order valence-corrected chi connectivity index (χ2v) is 11.9. The van der Waals surface area contributed by atoms with Crippen LogP contribution in [0.2, 0.25) is 0 Å². The first kappa shape index (κ1) is 22.5. The predicted molar refractivity (Wildman–Crippen MR) is 117 cm³/mol. The summed E-state index contributed by atoms with van der Waals surface area (Å²) in [6.45, 7) is 9.23. The number of aliphatic hydroxyl groups excluding tert-OH is 1. The summed E-state index contributed by atoms with van der Waals surface area (Å²) in [5, 5.41) is 31.9. The van der Waals surface area contributed by atoms with Crippen LogP contribution in [-0.2, 0) is 4.79 Å². The highest BCUT2D eigenvalue weighted by atomic mass is 16.4. The van der Waals surface area contributed by atoms with Crippen LogP contribution in [0, 0.1) is 46.3 Å². The monoisotopic (exact) mass is 421 g/mol. The van der Waals surface area contributed by atoms with Crippen molar-refractivity contribution in [2.75, 3.05) is 0 Å². The zero-order valence-electron chi connectivity index (χ0n) is 19.3. The second-order valence-electron chi connectivity index (χ2n) is 11.9. The van der Waals surface area contributed by atoms with Crippen molar-refractivity contribution in [1.82, 2.24) is 0 Å². The molecule has 4 aliphatic carbocycles. The van der Waals surface area contributed by atoms with Crippen molar-refractivity contribution in [2.24, 2.45) is 52.1 Å². The molecule has 0 aliphatic heterocycles. The summed E-state index contributed by atoms with van der Waals surface area (Å²) in [6.07, 6.45) is 7.73. The van der Waals surface area contributed by atoms with Gasteiger partial charge in [0.05, 0.1) is 6.10 Å². The first-order valence-corrected chi connectivity index (χ1v) is 12.4. The summed E-state index contributed by atoms with van der Waals surface area (Å²) >= 11 is 0. The van der Waals surface area contributed by atoms with Crippen molar-refractivity contribution in [3.05, 3.63) is 0 Å². The smallest absolute Gasteiger partial charge is 0.335 e. The number of nitrogens with two attached hydrogens (primary N) is 1. The molecule has 4 saturated carbocycles. The Balaban J connectivity index is 1.64. The maximum Gasteiger partial charge on any atom is 0.335 e. The fourth-order valence-corrected chi connectivity index (χ4v) is 9.20. The summed E-state index contributed by atoms with van der Waals surface area (Å²) in [5.41, 5.74) is 4.74. The minimum absolute atomic E-state index is 0.0144.